The molecule has 1 heteroatoms. The van der Waals surface area contributed by atoms with Crippen LogP contribution in [-0.4, -0.2) is 5.78 Å². The summed E-state index contributed by atoms with van der Waals surface area (Å²) in [6.07, 6.45) is 16.4. The van der Waals surface area contributed by atoms with E-state index in [-0.39, 0.29) is 5.92 Å². The standard InChI is InChI=1S/C15H20O/c1-12-7-9-14(15(16)11-12)10-8-13-5-3-2-4-6-13/h2-3,8,10-11,13-14H,4-7,9H2,1H3. The minimum absolute atomic E-state index is 0.148. The molecule has 2 atom stereocenters. The molecule has 0 saturated carbocycles. The van der Waals surface area contributed by atoms with Gasteiger partial charge in [0.2, 0.25) is 0 Å². The Bertz CT molecular complexity index is 346. The summed E-state index contributed by atoms with van der Waals surface area (Å²) in [6.45, 7) is 2.05. The molecule has 0 aromatic rings. The molecule has 0 amide bonds. The van der Waals surface area contributed by atoms with E-state index in [4.69, 9.17) is 0 Å². The van der Waals surface area contributed by atoms with Crippen molar-refractivity contribution >= 4 is 5.78 Å². The van der Waals surface area contributed by atoms with Gasteiger partial charge in [-0.05, 0) is 51.0 Å². The van der Waals surface area contributed by atoms with Crippen molar-refractivity contribution in [3.8, 4) is 0 Å². The molecule has 2 unspecified atom stereocenters. The van der Waals surface area contributed by atoms with E-state index >= 15 is 0 Å². The maximum absolute atomic E-state index is 11.7. The molecule has 0 aromatic carbocycles. The van der Waals surface area contributed by atoms with Crippen molar-refractivity contribution in [3.05, 3.63) is 36.0 Å². The van der Waals surface area contributed by atoms with Crippen LogP contribution in [0.15, 0.2) is 36.0 Å². The van der Waals surface area contributed by atoms with Crippen LogP contribution in [0.1, 0.15) is 39.0 Å². The van der Waals surface area contributed by atoms with E-state index in [0.29, 0.717) is 11.7 Å². The quantitative estimate of drug-likeness (QED) is 0.641. The van der Waals surface area contributed by atoms with Crippen LogP contribution in [0, 0.1) is 11.8 Å². The first-order valence-electron chi connectivity index (χ1n) is 6.30. The lowest BCUT2D eigenvalue weighted by Gasteiger charge is -2.18. The van der Waals surface area contributed by atoms with E-state index in [1.807, 2.05) is 13.0 Å². The number of carbonyl (C=O) groups excluding carboxylic acids is 1. The van der Waals surface area contributed by atoms with Gasteiger partial charge in [0.15, 0.2) is 5.78 Å². The van der Waals surface area contributed by atoms with Crippen molar-refractivity contribution in [2.75, 3.05) is 0 Å². The van der Waals surface area contributed by atoms with Gasteiger partial charge < -0.3 is 0 Å². The molecule has 0 bridgehead atoms. The Morgan fingerprint density at radius 2 is 2.12 bits per heavy atom. The lowest BCUT2D eigenvalue weighted by Crippen LogP contribution is -2.15. The molecule has 0 aromatic heterocycles. The van der Waals surface area contributed by atoms with Crippen molar-refractivity contribution in [1.29, 1.82) is 0 Å². The van der Waals surface area contributed by atoms with E-state index in [2.05, 4.69) is 24.3 Å². The summed E-state index contributed by atoms with van der Waals surface area (Å²) in [5.74, 6) is 1.10. The van der Waals surface area contributed by atoms with Gasteiger partial charge in [0.25, 0.3) is 0 Å². The molecule has 16 heavy (non-hydrogen) atoms. The first kappa shape index (κ1) is 11.4. The molecular weight excluding hydrogens is 196 g/mol. The van der Waals surface area contributed by atoms with Crippen LogP contribution in [-0.2, 0) is 4.79 Å². The highest BCUT2D eigenvalue weighted by molar-refractivity contribution is 5.94. The van der Waals surface area contributed by atoms with Crippen LogP contribution >= 0.6 is 0 Å². The van der Waals surface area contributed by atoms with E-state index in [0.717, 1.165) is 19.3 Å². The van der Waals surface area contributed by atoms with Crippen molar-refractivity contribution in [1.82, 2.24) is 0 Å². The summed E-state index contributed by atoms with van der Waals surface area (Å²) >= 11 is 0. The van der Waals surface area contributed by atoms with Gasteiger partial charge in [-0.25, -0.2) is 0 Å². The van der Waals surface area contributed by atoms with Gasteiger partial charge in [-0.2, -0.15) is 0 Å². The maximum Gasteiger partial charge on any atom is 0.162 e. The Hall–Kier alpha value is -1.11. The third kappa shape index (κ3) is 2.94. The first-order chi connectivity index (χ1) is 7.75. The average Bonchev–Trinajstić information content (AvgIpc) is 2.29. The second-order valence-corrected chi connectivity index (χ2v) is 4.97. The molecule has 0 radical (unpaired) electrons. The zero-order chi connectivity index (χ0) is 11.4. The number of hydrogen-bond acceptors (Lipinski definition) is 1. The lowest BCUT2D eigenvalue weighted by atomic mass is 9.86. The van der Waals surface area contributed by atoms with E-state index < -0.39 is 0 Å². The smallest absolute Gasteiger partial charge is 0.162 e. The second-order valence-electron chi connectivity index (χ2n) is 4.97. The highest BCUT2D eigenvalue weighted by Gasteiger charge is 2.18. The number of ketones is 1. The van der Waals surface area contributed by atoms with Gasteiger partial charge in [-0.3, -0.25) is 4.79 Å². The fraction of sp³-hybridized carbons (Fsp3) is 0.533. The summed E-state index contributed by atoms with van der Waals surface area (Å²) in [7, 11) is 0. The first-order valence-corrected chi connectivity index (χ1v) is 6.30. The van der Waals surface area contributed by atoms with Gasteiger partial charge in [0.1, 0.15) is 0 Å². The van der Waals surface area contributed by atoms with Crippen molar-refractivity contribution in [2.24, 2.45) is 11.8 Å². The molecule has 1 nitrogen and oxygen atoms in total. The number of rotatable bonds is 2. The van der Waals surface area contributed by atoms with Crippen LogP contribution in [0.5, 0.6) is 0 Å². The highest BCUT2D eigenvalue weighted by Crippen LogP contribution is 2.24. The molecule has 2 aliphatic carbocycles. The molecule has 2 rings (SSSR count). The van der Waals surface area contributed by atoms with Gasteiger partial charge in [-0.15, -0.1) is 0 Å². The molecule has 0 aliphatic heterocycles. The fourth-order valence-corrected chi connectivity index (χ4v) is 2.42. The zero-order valence-corrected chi connectivity index (χ0v) is 9.99. The van der Waals surface area contributed by atoms with Crippen LogP contribution in [0.2, 0.25) is 0 Å². The van der Waals surface area contributed by atoms with Crippen LogP contribution < -0.4 is 0 Å². The topological polar surface area (TPSA) is 17.1 Å². The van der Waals surface area contributed by atoms with Crippen LogP contribution in [0.3, 0.4) is 0 Å². The van der Waals surface area contributed by atoms with E-state index in [1.54, 1.807) is 0 Å². The van der Waals surface area contributed by atoms with Gasteiger partial charge in [0.05, 0.1) is 0 Å². The molecule has 0 saturated heterocycles. The molecular formula is C15H20O. The van der Waals surface area contributed by atoms with Gasteiger partial charge in [0, 0.05) is 5.92 Å². The Morgan fingerprint density at radius 3 is 2.81 bits per heavy atom. The van der Waals surface area contributed by atoms with Crippen molar-refractivity contribution < 1.29 is 4.79 Å². The largest absolute Gasteiger partial charge is 0.294 e. The molecule has 0 heterocycles. The van der Waals surface area contributed by atoms with E-state index in [1.165, 1.54) is 18.4 Å². The summed E-state index contributed by atoms with van der Waals surface area (Å²) in [5.41, 5.74) is 1.23. The zero-order valence-electron chi connectivity index (χ0n) is 9.99. The highest BCUT2D eigenvalue weighted by atomic mass is 16.1. The Balaban J connectivity index is 1.92. The van der Waals surface area contributed by atoms with Crippen molar-refractivity contribution in [3.63, 3.8) is 0 Å². The normalized spacial score (nSPS) is 30.8. The third-order valence-electron chi connectivity index (χ3n) is 3.53. The van der Waals surface area contributed by atoms with E-state index in [9.17, 15) is 4.79 Å². The minimum atomic E-state index is 0.148. The summed E-state index contributed by atoms with van der Waals surface area (Å²) in [4.78, 5) is 11.7. The predicted octanol–water partition coefficient (Wildman–Crippen LogP) is 3.82. The molecule has 0 spiro atoms. The molecule has 86 valence electrons. The monoisotopic (exact) mass is 216 g/mol. The van der Waals surface area contributed by atoms with Crippen molar-refractivity contribution in [2.45, 2.75) is 39.0 Å². The maximum atomic E-state index is 11.7. The SMILES string of the molecule is CC1=CC(=O)C(C=CC2CC=CCC2)CC1. The third-order valence-corrected chi connectivity index (χ3v) is 3.53. The number of carbonyl (C=O) groups is 1. The van der Waals surface area contributed by atoms with Gasteiger partial charge >= 0.3 is 0 Å². The Morgan fingerprint density at radius 1 is 1.25 bits per heavy atom. The number of allylic oxidation sites excluding steroid dienone is 6. The molecule has 0 N–H and O–H groups in total. The Kier molecular flexibility index (Phi) is 3.76. The summed E-state index contributed by atoms with van der Waals surface area (Å²) in [6, 6.07) is 0. The predicted molar refractivity (Wildman–Crippen MR) is 67.1 cm³/mol. The van der Waals surface area contributed by atoms with Gasteiger partial charge in [-0.1, -0.05) is 29.9 Å². The average molecular weight is 216 g/mol. The minimum Gasteiger partial charge on any atom is -0.294 e. The Labute approximate surface area is 97.9 Å². The molecule has 0 fully saturated rings. The fourth-order valence-electron chi connectivity index (χ4n) is 2.42. The van der Waals surface area contributed by atoms with Crippen LogP contribution in [0.4, 0.5) is 0 Å². The molecule has 2 aliphatic rings. The summed E-state index contributed by atoms with van der Waals surface area (Å²) < 4.78 is 0. The number of hydrogen-bond donors (Lipinski definition) is 0. The second kappa shape index (κ2) is 5.29. The lowest BCUT2D eigenvalue weighted by molar-refractivity contribution is -0.117. The van der Waals surface area contributed by atoms with Crippen LogP contribution in [0.25, 0.3) is 0 Å². The summed E-state index contributed by atoms with van der Waals surface area (Å²) in [5, 5.41) is 0.